The largest absolute Gasteiger partial charge is 0.381 e. The third kappa shape index (κ3) is 3.45. The summed E-state index contributed by atoms with van der Waals surface area (Å²) >= 11 is 0. The molecule has 1 saturated carbocycles. The molecule has 1 N–H and O–H groups in total. The van der Waals surface area contributed by atoms with E-state index in [-0.39, 0.29) is 29.4 Å². The minimum absolute atomic E-state index is 0.0871. The number of methoxy groups -OCH3 is 1. The molecule has 24 heavy (non-hydrogen) atoms. The van der Waals surface area contributed by atoms with Gasteiger partial charge in [-0.05, 0) is 26.2 Å². The lowest BCUT2D eigenvalue weighted by molar-refractivity contribution is -0.144. The van der Waals surface area contributed by atoms with Crippen LogP contribution in [0.15, 0.2) is 0 Å². The van der Waals surface area contributed by atoms with Crippen LogP contribution in [0.1, 0.15) is 47.0 Å². The quantitative estimate of drug-likeness (QED) is 0.791. The lowest BCUT2D eigenvalue weighted by Gasteiger charge is -2.56. The summed E-state index contributed by atoms with van der Waals surface area (Å²) in [4.78, 5) is 27.8. The summed E-state index contributed by atoms with van der Waals surface area (Å²) in [5, 5.41) is 3.55. The number of carbonyl (C=O) groups is 2. The molecule has 1 aliphatic heterocycles. The Morgan fingerprint density at radius 2 is 1.71 bits per heavy atom. The number of amides is 2. The van der Waals surface area contributed by atoms with Gasteiger partial charge >= 0.3 is 0 Å². The fraction of sp³-hybridized carbons (Fsp3) is 0.889. The van der Waals surface area contributed by atoms with Gasteiger partial charge in [-0.3, -0.25) is 9.59 Å². The Balaban J connectivity index is 1.89. The van der Waals surface area contributed by atoms with Crippen LogP contribution in [0.4, 0.5) is 0 Å². The van der Waals surface area contributed by atoms with E-state index in [1.807, 2.05) is 11.8 Å². The molecule has 0 spiro atoms. The summed E-state index contributed by atoms with van der Waals surface area (Å²) in [5.74, 6) is 0.226. The summed E-state index contributed by atoms with van der Waals surface area (Å²) in [6.45, 7) is 10.5. The van der Waals surface area contributed by atoms with Crippen molar-refractivity contribution in [2.45, 2.75) is 65.1 Å². The highest BCUT2D eigenvalue weighted by molar-refractivity contribution is 5.82. The van der Waals surface area contributed by atoms with Crippen LogP contribution in [-0.2, 0) is 14.3 Å². The average Bonchev–Trinajstić information content (AvgIpc) is 2.58. The van der Waals surface area contributed by atoms with Crippen molar-refractivity contribution in [1.29, 1.82) is 0 Å². The molecule has 0 radical (unpaired) electrons. The summed E-state index contributed by atoms with van der Waals surface area (Å²) in [5.41, 5.74) is 0.136. The highest BCUT2D eigenvalue weighted by Crippen LogP contribution is 2.48. The van der Waals surface area contributed by atoms with Crippen LogP contribution in [0, 0.1) is 5.41 Å². The molecule has 138 valence electrons. The maximum Gasteiger partial charge on any atom is 0.239 e. The topological polar surface area (TPSA) is 61.9 Å². The molecule has 0 aromatic carbocycles. The van der Waals surface area contributed by atoms with Crippen LogP contribution in [0.2, 0.25) is 0 Å². The van der Waals surface area contributed by atoms with E-state index < -0.39 is 0 Å². The van der Waals surface area contributed by atoms with E-state index in [0.717, 1.165) is 19.3 Å². The van der Waals surface area contributed by atoms with Crippen molar-refractivity contribution < 1.29 is 14.3 Å². The van der Waals surface area contributed by atoms with Gasteiger partial charge in [0.1, 0.15) is 0 Å². The van der Waals surface area contributed by atoms with Gasteiger partial charge in [0.2, 0.25) is 11.8 Å². The molecule has 2 aliphatic rings. The first-order chi connectivity index (χ1) is 11.4. The van der Waals surface area contributed by atoms with Crippen molar-refractivity contribution in [1.82, 2.24) is 15.1 Å². The molecule has 0 unspecified atom stereocenters. The fourth-order valence-electron chi connectivity index (χ4n) is 4.40. The van der Waals surface area contributed by atoms with Crippen LogP contribution < -0.4 is 5.32 Å². The molecular formula is C18H33N3O3. The predicted molar refractivity (Wildman–Crippen MR) is 93.6 cm³/mol. The Hall–Kier alpha value is -1.14. The molecule has 2 fully saturated rings. The van der Waals surface area contributed by atoms with Crippen LogP contribution in [0.25, 0.3) is 0 Å². The summed E-state index contributed by atoms with van der Waals surface area (Å²) in [6, 6.07) is 0.129. The molecule has 6 heteroatoms. The van der Waals surface area contributed by atoms with Gasteiger partial charge < -0.3 is 19.9 Å². The van der Waals surface area contributed by atoms with Gasteiger partial charge in [0.05, 0.1) is 12.1 Å². The van der Waals surface area contributed by atoms with Gasteiger partial charge in [0.25, 0.3) is 0 Å². The minimum Gasteiger partial charge on any atom is -0.381 e. The zero-order chi connectivity index (χ0) is 17.9. The second-order valence-corrected chi connectivity index (χ2v) is 7.17. The summed E-state index contributed by atoms with van der Waals surface area (Å²) in [6.07, 6.45) is 3.36. The molecule has 0 aromatic heterocycles. The van der Waals surface area contributed by atoms with Gasteiger partial charge in [-0.1, -0.05) is 13.8 Å². The second-order valence-electron chi connectivity index (χ2n) is 7.17. The SMILES string of the molecule is CCC1(CC)[C@@H](OC)C[C@H]1N[C@@H](C)C(=O)N1CCN(C(C)=O)CC1. The Morgan fingerprint density at radius 3 is 2.17 bits per heavy atom. The molecule has 2 amide bonds. The van der Waals surface area contributed by atoms with Gasteiger partial charge in [0.15, 0.2) is 0 Å². The maximum absolute atomic E-state index is 12.7. The van der Waals surface area contributed by atoms with E-state index in [1.54, 1.807) is 18.9 Å². The molecule has 6 nitrogen and oxygen atoms in total. The standard InChI is InChI=1S/C18H33N3O3/c1-6-18(7-2)15(12-16(18)24-5)19-13(3)17(23)21-10-8-20(9-11-21)14(4)22/h13,15-16,19H,6-12H2,1-5H3/t13-,15+,16-/m0/s1. The van der Waals surface area contributed by atoms with E-state index in [4.69, 9.17) is 4.74 Å². The molecule has 0 aromatic rings. The smallest absolute Gasteiger partial charge is 0.239 e. The second kappa shape index (κ2) is 7.83. The third-order valence-corrected chi connectivity index (χ3v) is 6.24. The zero-order valence-corrected chi connectivity index (χ0v) is 15.8. The van der Waals surface area contributed by atoms with Crippen molar-refractivity contribution in [2.24, 2.45) is 5.41 Å². The predicted octanol–water partition coefficient (Wildman–Crippen LogP) is 1.25. The van der Waals surface area contributed by atoms with Crippen molar-refractivity contribution in [3.05, 3.63) is 0 Å². The van der Waals surface area contributed by atoms with Crippen molar-refractivity contribution in [2.75, 3.05) is 33.3 Å². The summed E-state index contributed by atoms with van der Waals surface area (Å²) < 4.78 is 5.63. The number of hydrogen-bond donors (Lipinski definition) is 1. The zero-order valence-electron chi connectivity index (χ0n) is 15.8. The number of hydrogen-bond acceptors (Lipinski definition) is 4. The Morgan fingerprint density at radius 1 is 1.17 bits per heavy atom. The minimum atomic E-state index is -0.200. The lowest BCUT2D eigenvalue weighted by Crippen LogP contribution is -2.66. The maximum atomic E-state index is 12.7. The van der Waals surface area contributed by atoms with E-state index in [0.29, 0.717) is 32.2 Å². The summed E-state index contributed by atoms with van der Waals surface area (Å²) in [7, 11) is 1.78. The normalized spacial score (nSPS) is 27.5. The molecular weight excluding hydrogens is 306 g/mol. The van der Waals surface area contributed by atoms with Crippen molar-refractivity contribution in [3.8, 4) is 0 Å². The van der Waals surface area contributed by atoms with Crippen LogP contribution in [0.5, 0.6) is 0 Å². The molecule has 3 atom stereocenters. The molecule has 1 heterocycles. The molecule has 1 saturated heterocycles. The van der Waals surface area contributed by atoms with Crippen LogP contribution in [0.3, 0.4) is 0 Å². The highest BCUT2D eigenvalue weighted by Gasteiger charge is 2.53. The van der Waals surface area contributed by atoms with Crippen molar-refractivity contribution >= 4 is 11.8 Å². The first-order valence-corrected chi connectivity index (χ1v) is 9.22. The third-order valence-electron chi connectivity index (χ3n) is 6.24. The monoisotopic (exact) mass is 339 g/mol. The van der Waals surface area contributed by atoms with Crippen LogP contribution >= 0.6 is 0 Å². The average molecular weight is 339 g/mol. The van der Waals surface area contributed by atoms with Crippen LogP contribution in [-0.4, -0.2) is 73.1 Å². The first-order valence-electron chi connectivity index (χ1n) is 9.22. The lowest BCUT2D eigenvalue weighted by atomic mass is 9.58. The van der Waals surface area contributed by atoms with Gasteiger partial charge in [-0.2, -0.15) is 0 Å². The van der Waals surface area contributed by atoms with E-state index in [2.05, 4.69) is 19.2 Å². The Kier molecular flexibility index (Phi) is 6.26. The first kappa shape index (κ1) is 19.2. The number of rotatable bonds is 6. The molecule has 0 bridgehead atoms. The molecule has 2 rings (SSSR count). The van der Waals surface area contributed by atoms with E-state index >= 15 is 0 Å². The highest BCUT2D eigenvalue weighted by atomic mass is 16.5. The van der Waals surface area contributed by atoms with Gasteiger partial charge in [0, 0.05) is 51.7 Å². The number of piperazine rings is 1. The van der Waals surface area contributed by atoms with E-state index in [1.165, 1.54) is 0 Å². The molecule has 1 aliphatic carbocycles. The van der Waals surface area contributed by atoms with Crippen molar-refractivity contribution in [3.63, 3.8) is 0 Å². The Labute approximate surface area is 145 Å². The number of carbonyl (C=O) groups excluding carboxylic acids is 2. The van der Waals surface area contributed by atoms with Gasteiger partial charge in [-0.25, -0.2) is 0 Å². The fourth-order valence-corrected chi connectivity index (χ4v) is 4.40. The number of ether oxygens (including phenoxy) is 1. The van der Waals surface area contributed by atoms with Gasteiger partial charge in [-0.15, -0.1) is 0 Å². The van der Waals surface area contributed by atoms with E-state index in [9.17, 15) is 9.59 Å². The number of nitrogens with one attached hydrogen (secondary N) is 1. The number of nitrogens with zero attached hydrogens (tertiary/aromatic N) is 2. The Bertz CT molecular complexity index is 456.